The summed E-state index contributed by atoms with van der Waals surface area (Å²) < 4.78 is 4.75. The molecule has 0 saturated heterocycles. The molecule has 0 aliphatic carbocycles. The van der Waals surface area contributed by atoms with Crippen LogP contribution >= 0.6 is 0 Å². The smallest absolute Gasteiger partial charge is 0.422 e. The molecule has 0 atom stereocenters. The highest BCUT2D eigenvalue weighted by Crippen LogP contribution is 1.86. The van der Waals surface area contributed by atoms with Crippen LogP contribution in [0.25, 0.3) is 0 Å². The normalized spacial score (nSPS) is 10.3. The van der Waals surface area contributed by atoms with Gasteiger partial charge < -0.3 is 5.02 Å². The third-order valence-electron chi connectivity index (χ3n) is 1.67. The maximum atomic E-state index is 10.9. The number of nitrogens with one attached hydrogen (secondary N) is 1. The van der Waals surface area contributed by atoms with E-state index in [0.717, 1.165) is 0 Å². The van der Waals surface area contributed by atoms with Crippen LogP contribution in [0.4, 0.5) is 0 Å². The Kier molecular flexibility index (Phi) is 4.60. The first kappa shape index (κ1) is 11.5. The Labute approximate surface area is 88.7 Å². The van der Waals surface area contributed by atoms with Gasteiger partial charge in [-0.25, -0.2) is 5.48 Å². The third kappa shape index (κ3) is 3.97. The summed E-state index contributed by atoms with van der Waals surface area (Å²) in [5, 5.41) is 9.48. The number of carbonyl (C=O) groups excluding carboxylic acids is 1. The summed E-state index contributed by atoms with van der Waals surface area (Å²) in [7, 11) is -1.15. The molecule has 15 heavy (non-hydrogen) atoms. The van der Waals surface area contributed by atoms with Crippen molar-refractivity contribution in [1.82, 2.24) is 5.48 Å². The van der Waals surface area contributed by atoms with Crippen molar-refractivity contribution in [2.24, 2.45) is 0 Å². The van der Waals surface area contributed by atoms with E-state index in [1.54, 1.807) is 37.3 Å². The monoisotopic (exact) mass is 205 g/mol. The van der Waals surface area contributed by atoms with Crippen LogP contribution in [0.3, 0.4) is 0 Å². The maximum Gasteiger partial charge on any atom is 0.514 e. The molecule has 1 rings (SSSR count). The van der Waals surface area contributed by atoms with Gasteiger partial charge in [0.2, 0.25) is 0 Å². The summed E-state index contributed by atoms with van der Waals surface area (Å²) in [5.74, 6) is -0.410. The minimum absolute atomic E-state index is 0.410. The van der Waals surface area contributed by atoms with Gasteiger partial charge >= 0.3 is 7.12 Å². The van der Waals surface area contributed by atoms with Crippen LogP contribution in [0.2, 0.25) is 0 Å². The zero-order chi connectivity index (χ0) is 11.1. The Balaban J connectivity index is 2.43. The fraction of sp³-hybridized carbons (Fsp3) is 0.100. The van der Waals surface area contributed by atoms with Crippen molar-refractivity contribution in [3.63, 3.8) is 0 Å². The maximum absolute atomic E-state index is 10.9. The predicted molar refractivity (Wildman–Crippen MR) is 58.1 cm³/mol. The Morgan fingerprint density at radius 3 is 2.73 bits per heavy atom. The fourth-order valence-electron chi connectivity index (χ4n) is 0.985. The van der Waals surface area contributed by atoms with Crippen molar-refractivity contribution in [3.05, 3.63) is 42.5 Å². The van der Waals surface area contributed by atoms with E-state index in [1.165, 1.54) is 6.08 Å². The molecule has 1 amide bonds. The van der Waals surface area contributed by atoms with Crippen molar-refractivity contribution in [2.45, 2.75) is 6.92 Å². The number of hydrogen-bond acceptors (Lipinski definition) is 3. The van der Waals surface area contributed by atoms with Crippen molar-refractivity contribution in [3.8, 4) is 0 Å². The van der Waals surface area contributed by atoms with Crippen LogP contribution < -0.4 is 10.9 Å². The Morgan fingerprint density at radius 2 is 2.13 bits per heavy atom. The number of amides is 1. The van der Waals surface area contributed by atoms with E-state index in [-0.39, 0.29) is 0 Å². The zero-order valence-electron chi connectivity index (χ0n) is 8.38. The first-order valence-corrected chi connectivity index (χ1v) is 4.55. The van der Waals surface area contributed by atoms with Gasteiger partial charge in [-0.2, -0.15) is 0 Å². The highest BCUT2D eigenvalue weighted by molar-refractivity contribution is 6.59. The molecule has 0 unspecified atom stereocenters. The lowest BCUT2D eigenvalue weighted by Gasteiger charge is -2.06. The van der Waals surface area contributed by atoms with Gasteiger partial charge in [-0.05, 0) is 12.4 Å². The molecule has 0 radical (unpaired) electrons. The summed E-state index contributed by atoms with van der Waals surface area (Å²) in [6, 6.07) is 8.78. The lowest BCUT2D eigenvalue weighted by atomic mass is 9.80. The standard InChI is InChI=1S/C10H12BNO3/c1-2-6-10(13)12-15-11(14)9-7-4-3-5-8-9/h2-8,14H,1H3,(H,12,13). The van der Waals surface area contributed by atoms with Gasteiger partial charge in [0.25, 0.3) is 5.91 Å². The molecule has 2 N–H and O–H groups in total. The Morgan fingerprint density at radius 1 is 1.47 bits per heavy atom. The van der Waals surface area contributed by atoms with E-state index in [2.05, 4.69) is 5.48 Å². The largest absolute Gasteiger partial charge is 0.514 e. The number of benzene rings is 1. The van der Waals surface area contributed by atoms with Crippen LogP contribution in [0.15, 0.2) is 42.5 Å². The zero-order valence-corrected chi connectivity index (χ0v) is 8.38. The van der Waals surface area contributed by atoms with E-state index in [1.807, 2.05) is 6.07 Å². The summed E-state index contributed by atoms with van der Waals surface area (Å²) in [4.78, 5) is 10.9. The first-order valence-electron chi connectivity index (χ1n) is 4.55. The van der Waals surface area contributed by atoms with Gasteiger partial charge in [0, 0.05) is 6.08 Å². The summed E-state index contributed by atoms with van der Waals surface area (Å²) in [6.45, 7) is 1.72. The molecular weight excluding hydrogens is 193 g/mol. The minimum Gasteiger partial charge on any atom is -0.422 e. The van der Waals surface area contributed by atoms with E-state index in [9.17, 15) is 9.82 Å². The average Bonchev–Trinajstić information content (AvgIpc) is 2.27. The van der Waals surface area contributed by atoms with Crippen molar-refractivity contribution >= 4 is 18.5 Å². The molecule has 0 heterocycles. The van der Waals surface area contributed by atoms with Gasteiger partial charge in [-0.15, -0.1) is 0 Å². The lowest BCUT2D eigenvalue weighted by Crippen LogP contribution is -2.40. The number of carbonyl (C=O) groups is 1. The second-order valence-corrected chi connectivity index (χ2v) is 2.85. The summed E-state index contributed by atoms with van der Waals surface area (Å²) >= 11 is 0. The molecule has 1 aromatic rings. The molecule has 0 spiro atoms. The quantitative estimate of drug-likeness (QED) is 0.413. The van der Waals surface area contributed by atoms with Crippen LogP contribution in [0, 0.1) is 0 Å². The summed E-state index contributed by atoms with van der Waals surface area (Å²) in [6.07, 6.45) is 2.88. The molecule has 4 nitrogen and oxygen atoms in total. The molecule has 1 aromatic carbocycles. The third-order valence-corrected chi connectivity index (χ3v) is 1.67. The second-order valence-electron chi connectivity index (χ2n) is 2.85. The van der Waals surface area contributed by atoms with Crippen LogP contribution in [-0.2, 0) is 9.55 Å². The molecule has 0 saturated carbocycles. The predicted octanol–water partition coefficient (Wildman–Crippen LogP) is -0.00200. The SMILES string of the molecule is CC=CC(=O)NOB(O)c1ccccc1. The van der Waals surface area contributed by atoms with Gasteiger partial charge in [0.1, 0.15) is 0 Å². The molecule has 0 aromatic heterocycles. The van der Waals surface area contributed by atoms with Crippen molar-refractivity contribution in [1.29, 1.82) is 0 Å². The lowest BCUT2D eigenvalue weighted by molar-refractivity contribution is -0.123. The van der Waals surface area contributed by atoms with Gasteiger partial charge in [-0.3, -0.25) is 9.55 Å². The number of hydroxylamine groups is 1. The summed E-state index contributed by atoms with van der Waals surface area (Å²) in [5.41, 5.74) is 2.69. The fourth-order valence-corrected chi connectivity index (χ4v) is 0.985. The van der Waals surface area contributed by atoms with E-state index in [4.69, 9.17) is 4.76 Å². The Bertz CT molecular complexity index is 340. The second kappa shape index (κ2) is 6.00. The van der Waals surface area contributed by atoms with Crippen LogP contribution in [0.1, 0.15) is 6.92 Å². The van der Waals surface area contributed by atoms with Crippen LogP contribution in [-0.4, -0.2) is 18.0 Å². The average molecular weight is 205 g/mol. The minimum atomic E-state index is -1.15. The molecule has 0 bridgehead atoms. The van der Waals surface area contributed by atoms with Gasteiger partial charge in [0.15, 0.2) is 0 Å². The highest BCUT2D eigenvalue weighted by atomic mass is 16.7. The van der Waals surface area contributed by atoms with E-state index < -0.39 is 13.0 Å². The molecule has 0 aliphatic heterocycles. The van der Waals surface area contributed by atoms with Crippen LogP contribution in [0.5, 0.6) is 0 Å². The first-order chi connectivity index (χ1) is 7.24. The number of rotatable bonds is 4. The van der Waals surface area contributed by atoms with Gasteiger partial charge in [-0.1, -0.05) is 36.4 Å². The van der Waals surface area contributed by atoms with Crippen molar-refractivity contribution in [2.75, 3.05) is 0 Å². The molecule has 0 fully saturated rings. The number of hydrogen-bond donors (Lipinski definition) is 2. The highest BCUT2D eigenvalue weighted by Gasteiger charge is 2.16. The molecular formula is C10H12BNO3. The van der Waals surface area contributed by atoms with Gasteiger partial charge in [0.05, 0.1) is 0 Å². The molecule has 78 valence electrons. The topological polar surface area (TPSA) is 58.6 Å². The van der Waals surface area contributed by atoms with E-state index >= 15 is 0 Å². The van der Waals surface area contributed by atoms with Crippen molar-refractivity contribution < 1.29 is 14.6 Å². The molecule has 0 aliphatic rings. The Hall–Kier alpha value is -1.59. The van der Waals surface area contributed by atoms with E-state index in [0.29, 0.717) is 5.46 Å². The molecule has 5 heteroatoms. The number of allylic oxidation sites excluding steroid dienone is 1.